The third-order valence-electron chi connectivity index (χ3n) is 5.07. The molecular weight excluding hydrogens is 371 g/mol. The van der Waals surface area contributed by atoms with Crippen LogP contribution in [0.15, 0.2) is 67.0 Å². The molecule has 2 amide bonds. The average molecular weight is 392 g/mol. The number of carbonyl (C=O) groups excluding carboxylic acids is 2. The second kappa shape index (κ2) is 8.26. The zero-order chi connectivity index (χ0) is 20.2. The number of rotatable bonds is 4. The van der Waals surface area contributed by atoms with Gasteiger partial charge in [0.2, 0.25) is 5.91 Å². The van der Waals surface area contributed by atoms with Crippen LogP contribution in [0, 0.1) is 11.7 Å². The van der Waals surface area contributed by atoms with Crippen molar-refractivity contribution >= 4 is 17.5 Å². The molecule has 1 aromatic heterocycles. The van der Waals surface area contributed by atoms with Crippen LogP contribution in [0.1, 0.15) is 23.2 Å². The lowest BCUT2D eigenvalue weighted by molar-refractivity contribution is -0.121. The molecule has 2 heterocycles. The molecule has 0 saturated carbocycles. The summed E-state index contributed by atoms with van der Waals surface area (Å²) in [7, 11) is 0. The van der Waals surface area contributed by atoms with E-state index in [0.29, 0.717) is 36.4 Å². The summed E-state index contributed by atoms with van der Waals surface area (Å²) in [6.07, 6.45) is 4.67. The van der Waals surface area contributed by atoms with Gasteiger partial charge < -0.3 is 10.2 Å². The molecule has 1 unspecified atom stereocenters. The molecule has 7 heteroatoms. The van der Waals surface area contributed by atoms with Crippen molar-refractivity contribution in [3.63, 3.8) is 0 Å². The first-order valence-electron chi connectivity index (χ1n) is 9.56. The molecule has 0 spiro atoms. The van der Waals surface area contributed by atoms with E-state index in [-0.39, 0.29) is 17.7 Å². The highest BCUT2D eigenvalue weighted by Crippen LogP contribution is 2.22. The van der Waals surface area contributed by atoms with Crippen LogP contribution in [-0.2, 0) is 4.79 Å². The highest BCUT2D eigenvalue weighted by Gasteiger charge is 2.29. The fraction of sp³-hybridized carbons (Fsp3) is 0.227. The number of aromatic nitrogens is 2. The van der Waals surface area contributed by atoms with Gasteiger partial charge in [0.15, 0.2) is 5.82 Å². The number of likely N-dealkylation sites (tertiary alicyclic amines) is 1. The predicted molar refractivity (Wildman–Crippen MR) is 107 cm³/mol. The van der Waals surface area contributed by atoms with Crippen LogP contribution in [-0.4, -0.2) is 39.6 Å². The van der Waals surface area contributed by atoms with Crippen LogP contribution in [0.2, 0.25) is 0 Å². The van der Waals surface area contributed by atoms with E-state index in [1.807, 2.05) is 18.2 Å². The van der Waals surface area contributed by atoms with Crippen LogP contribution < -0.4 is 5.32 Å². The second-order valence-electron chi connectivity index (χ2n) is 7.06. The molecule has 148 valence electrons. The number of amides is 2. The van der Waals surface area contributed by atoms with E-state index < -0.39 is 5.82 Å². The first kappa shape index (κ1) is 18.9. The normalized spacial score (nSPS) is 16.4. The Morgan fingerprint density at radius 3 is 2.66 bits per heavy atom. The molecule has 1 aliphatic rings. The van der Waals surface area contributed by atoms with Gasteiger partial charge in [0.05, 0.1) is 5.92 Å². The number of hydrogen-bond acceptors (Lipinski definition) is 3. The number of halogens is 1. The monoisotopic (exact) mass is 392 g/mol. The molecule has 1 saturated heterocycles. The van der Waals surface area contributed by atoms with Gasteiger partial charge in [-0.1, -0.05) is 18.2 Å². The molecule has 1 atom stereocenters. The summed E-state index contributed by atoms with van der Waals surface area (Å²) in [5.41, 5.74) is 1.31. The van der Waals surface area contributed by atoms with E-state index in [9.17, 15) is 14.0 Å². The maximum atomic E-state index is 14.4. The summed E-state index contributed by atoms with van der Waals surface area (Å²) in [5.74, 6) is -1.08. The van der Waals surface area contributed by atoms with Gasteiger partial charge in [-0.15, -0.1) is 0 Å². The first-order chi connectivity index (χ1) is 14.1. The Kier molecular flexibility index (Phi) is 5.37. The molecule has 0 aliphatic carbocycles. The van der Waals surface area contributed by atoms with Crippen LogP contribution in [0.5, 0.6) is 0 Å². The Hall–Kier alpha value is -3.48. The summed E-state index contributed by atoms with van der Waals surface area (Å²) in [6.45, 7) is 0.984. The minimum absolute atomic E-state index is 0.0716. The van der Waals surface area contributed by atoms with E-state index >= 15 is 0 Å². The topological polar surface area (TPSA) is 67.2 Å². The molecular formula is C22H21FN4O2. The number of carbonyl (C=O) groups is 2. The van der Waals surface area contributed by atoms with Crippen LogP contribution in [0.25, 0.3) is 5.69 Å². The van der Waals surface area contributed by atoms with Crippen molar-refractivity contribution in [2.75, 3.05) is 18.4 Å². The molecule has 4 rings (SSSR count). The Morgan fingerprint density at radius 1 is 1.10 bits per heavy atom. The minimum Gasteiger partial charge on any atom is -0.338 e. The molecule has 1 fully saturated rings. The fourth-order valence-corrected chi connectivity index (χ4v) is 3.57. The Bertz CT molecular complexity index is 1000. The quantitative estimate of drug-likeness (QED) is 0.739. The lowest BCUT2D eigenvalue weighted by atomic mass is 9.96. The molecule has 0 bridgehead atoms. The van der Waals surface area contributed by atoms with Crippen LogP contribution in [0.4, 0.5) is 10.1 Å². The number of nitrogens with one attached hydrogen (secondary N) is 1. The highest BCUT2D eigenvalue weighted by molar-refractivity contribution is 5.96. The van der Waals surface area contributed by atoms with Gasteiger partial charge >= 0.3 is 0 Å². The minimum atomic E-state index is -0.476. The predicted octanol–water partition coefficient (Wildman–Crippen LogP) is 3.50. The molecule has 6 nitrogen and oxygen atoms in total. The largest absolute Gasteiger partial charge is 0.338 e. The zero-order valence-corrected chi connectivity index (χ0v) is 15.8. The summed E-state index contributed by atoms with van der Waals surface area (Å²) in [6, 6.07) is 15.3. The maximum absolute atomic E-state index is 14.4. The smallest absolute Gasteiger partial charge is 0.253 e. The molecule has 3 aromatic rings. The summed E-state index contributed by atoms with van der Waals surface area (Å²) in [5, 5.41) is 6.79. The average Bonchev–Trinajstić information content (AvgIpc) is 3.28. The number of piperidine rings is 1. The van der Waals surface area contributed by atoms with E-state index in [1.165, 1.54) is 10.7 Å². The van der Waals surface area contributed by atoms with Crippen molar-refractivity contribution in [2.24, 2.45) is 5.92 Å². The summed E-state index contributed by atoms with van der Waals surface area (Å²) >= 11 is 0. The van der Waals surface area contributed by atoms with E-state index in [1.54, 1.807) is 47.6 Å². The molecule has 0 radical (unpaired) electrons. The Morgan fingerprint density at radius 2 is 1.93 bits per heavy atom. The van der Waals surface area contributed by atoms with Gasteiger partial charge in [-0.25, -0.2) is 9.07 Å². The SMILES string of the molecule is O=C(Nc1ccc(-n2cccn2)c(F)c1)C1CCCN(C(=O)c2ccccc2)C1. The first-order valence-corrected chi connectivity index (χ1v) is 9.56. The van der Waals surface area contributed by atoms with Crippen LogP contribution in [0.3, 0.4) is 0 Å². The summed E-state index contributed by atoms with van der Waals surface area (Å²) < 4.78 is 15.8. The van der Waals surface area contributed by atoms with Crippen molar-refractivity contribution in [2.45, 2.75) is 12.8 Å². The summed E-state index contributed by atoms with van der Waals surface area (Å²) in [4.78, 5) is 27.1. The van der Waals surface area contributed by atoms with Crippen molar-refractivity contribution in [1.29, 1.82) is 0 Å². The number of benzene rings is 2. The second-order valence-corrected chi connectivity index (χ2v) is 7.06. The van der Waals surface area contributed by atoms with Gasteiger partial charge in [0.1, 0.15) is 5.69 Å². The van der Waals surface area contributed by atoms with Crippen LogP contribution >= 0.6 is 0 Å². The standard InChI is InChI=1S/C22H21FN4O2/c23-19-14-18(9-10-20(19)27-13-5-11-24-27)25-21(28)17-8-4-12-26(15-17)22(29)16-6-2-1-3-7-16/h1-3,5-7,9-11,13-14,17H,4,8,12,15H2,(H,25,28). The third kappa shape index (κ3) is 4.18. The van der Waals surface area contributed by atoms with Crippen molar-refractivity contribution < 1.29 is 14.0 Å². The maximum Gasteiger partial charge on any atom is 0.253 e. The number of nitrogens with zero attached hydrogens (tertiary/aromatic N) is 3. The van der Waals surface area contributed by atoms with E-state index in [0.717, 1.165) is 6.42 Å². The van der Waals surface area contributed by atoms with Crippen molar-refractivity contribution in [1.82, 2.24) is 14.7 Å². The Labute approximate surface area is 167 Å². The number of anilines is 1. The lowest BCUT2D eigenvalue weighted by Gasteiger charge is -2.32. The van der Waals surface area contributed by atoms with Gasteiger partial charge in [-0.05, 0) is 49.2 Å². The molecule has 1 aliphatic heterocycles. The van der Waals surface area contributed by atoms with Gasteiger partial charge in [-0.2, -0.15) is 5.10 Å². The third-order valence-corrected chi connectivity index (χ3v) is 5.07. The molecule has 1 N–H and O–H groups in total. The lowest BCUT2D eigenvalue weighted by Crippen LogP contribution is -2.43. The zero-order valence-electron chi connectivity index (χ0n) is 15.8. The fourth-order valence-electron chi connectivity index (χ4n) is 3.57. The van der Waals surface area contributed by atoms with Crippen molar-refractivity contribution in [3.8, 4) is 5.69 Å². The van der Waals surface area contributed by atoms with E-state index in [4.69, 9.17) is 0 Å². The molecule has 2 aromatic carbocycles. The Balaban J connectivity index is 1.42. The van der Waals surface area contributed by atoms with E-state index in [2.05, 4.69) is 10.4 Å². The number of hydrogen-bond donors (Lipinski definition) is 1. The highest BCUT2D eigenvalue weighted by atomic mass is 19.1. The van der Waals surface area contributed by atoms with Gasteiger partial charge in [0, 0.05) is 36.7 Å². The molecule has 29 heavy (non-hydrogen) atoms. The van der Waals surface area contributed by atoms with Crippen molar-refractivity contribution in [3.05, 3.63) is 78.4 Å². The van der Waals surface area contributed by atoms with Gasteiger partial charge in [-0.3, -0.25) is 9.59 Å². The van der Waals surface area contributed by atoms with Gasteiger partial charge in [0.25, 0.3) is 5.91 Å².